The predicted octanol–water partition coefficient (Wildman–Crippen LogP) is 4.24. The molecule has 25 heavy (non-hydrogen) atoms. The Morgan fingerprint density at radius 3 is 2.72 bits per heavy atom. The Morgan fingerprint density at radius 2 is 2.04 bits per heavy atom. The van der Waals surface area contributed by atoms with Crippen LogP contribution in [0.1, 0.15) is 17.5 Å². The van der Waals surface area contributed by atoms with Crippen molar-refractivity contribution in [2.75, 3.05) is 12.0 Å². The molecule has 0 atom stereocenters. The number of ether oxygens (including phenoxy) is 1. The minimum absolute atomic E-state index is 0.0566. The molecule has 1 aliphatic rings. The highest BCUT2D eigenvalue weighted by Crippen LogP contribution is 2.32. The first kappa shape index (κ1) is 17.2. The SMILES string of the molecule is COc1ccc(CN2C(=O)CC(/C=N/O)=Cc3ccc(Br)cc32)cc1. The molecule has 1 aliphatic heterocycles. The fourth-order valence-electron chi connectivity index (χ4n) is 2.77. The third kappa shape index (κ3) is 3.91. The fourth-order valence-corrected chi connectivity index (χ4v) is 3.12. The van der Waals surface area contributed by atoms with Gasteiger partial charge in [-0.25, -0.2) is 0 Å². The molecule has 128 valence electrons. The standard InChI is InChI=1S/C19H17BrN2O3/c1-25-17-6-2-13(3-7-17)12-22-18-10-16(20)5-4-15(18)8-14(11-21-24)9-19(22)23/h2-8,10-11,24H,9,12H2,1H3/b21-11+. The maximum atomic E-state index is 12.8. The minimum Gasteiger partial charge on any atom is -0.497 e. The van der Waals surface area contributed by atoms with Crippen molar-refractivity contribution >= 4 is 39.8 Å². The van der Waals surface area contributed by atoms with Crippen LogP contribution in [-0.4, -0.2) is 24.4 Å². The van der Waals surface area contributed by atoms with E-state index in [1.165, 1.54) is 6.21 Å². The zero-order valence-corrected chi connectivity index (χ0v) is 15.2. The number of hydrogen-bond acceptors (Lipinski definition) is 4. The molecule has 0 radical (unpaired) electrons. The molecule has 3 rings (SSSR count). The van der Waals surface area contributed by atoms with Crippen LogP contribution in [0.15, 0.2) is 57.7 Å². The van der Waals surface area contributed by atoms with Gasteiger partial charge in [0, 0.05) is 4.47 Å². The molecule has 0 spiro atoms. The van der Waals surface area contributed by atoms with E-state index in [-0.39, 0.29) is 12.3 Å². The number of benzene rings is 2. The van der Waals surface area contributed by atoms with Crippen molar-refractivity contribution in [3.63, 3.8) is 0 Å². The smallest absolute Gasteiger partial charge is 0.231 e. The Bertz CT molecular complexity index is 844. The number of carbonyl (C=O) groups excluding carboxylic acids is 1. The number of halogens is 1. The largest absolute Gasteiger partial charge is 0.497 e. The average molecular weight is 401 g/mol. The van der Waals surface area contributed by atoms with Crippen molar-refractivity contribution in [2.45, 2.75) is 13.0 Å². The molecular formula is C19H17BrN2O3. The normalized spacial score (nSPS) is 14.2. The molecule has 5 nitrogen and oxygen atoms in total. The molecular weight excluding hydrogens is 384 g/mol. The van der Waals surface area contributed by atoms with Crippen LogP contribution in [0.4, 0.5) is 5.69 Å². The van der Waals surface area contributed by atoms with E-state index < -0.39 is 0 Å². The summed E-state index contributed by atoms with van der Waals surface area (Å²) < 4.78 is 6.07. The Morgan fingerprint density at radius 1 is 1.28 bits per heavy atom. The van der Waals surface area contributed by atoms with Gasteiger partial charge < -0.3 is 14.8 Å². The van der Waals surface area contributed by atoms with E-state index in [1.807, 2.05) is 48.5 Å². The van der Waals surface area contributed by atoms with E-state index >= 15 is 0 Å². The van der Waals surface area contributed by atoms with Crippen LogP contribution < -0.4 is 9.64 Å². The van der Waals surface area contributed by atoms with Gasteiger partial charge in [0.05, 0.1) is 32.0 Å². The number of amides is 1. The van der Waals surface area contributed by atoms with Crippen LogP contribution in [0.3, 0.4) is 0 Å². The molecule has 2 aromatic rings. The molecule has 1 heterocycles. The highest BCUT2D eigenvalue weighted by Gasteiger charge is 2.23. The van der Waals surface area contributed by atoms with E-state index in [9.17, 15) is 4.79 Å². The molecule has 0 fully saturated rings. The summed E-state index contributed by atoms with van der Waals surface area (Å²) in [5, 5.41) is 11.9. The molecule has 6 heteroatoms. The predicted molar refractivity (Wildman–Crippen MR) is 101 cm³/mol. The van der Waals surface area contributed by atoms with E-state index in [0.717, 1.165) is 27.0 Å². The van der Waals surface area contributed by atoms with E-state index in [0.29, 0.717) is 12.1 Å². The van der Waals surface area contributed by atoms with Gasteiger partial charge in [-0.3, -0.25) is 4.79 Å². The second-order valence-electron chi connectivity index (χ2n) is 5.67. The monoisotopic (exact) mass is 400 g/mol. The van der Waals surface area contributed by atoms with Gasteiger partial charge in [-0.15, -0.1) is 0 Å². The second-order valence-corrected chi connectivity index (χ2v) is 6.59. The van der Waals surface area contributed by atoms with Crippen LogP contribution in [0.5, 0.6) is 5.75 Å². The van der Waals surface area contributed by atoms with Crippen LogP contribution in [-0.2, 0) is 11.3 Å². The van der Waals surface area contributed by atoms with Crippen molar-refractivity contribution in [1.82, 2.24) is 0 Å². The fraction of sp³-hybridized carbons (Fsp3) is 0.158. The molecule has 0 aromatic heterocycles. The van der Waals surface area contributed by atoms with Gasteiger partial charge in [-0.1, -0.05) is 39.3 Å². The molecule has 1 amide bonds. The number of methoxy groups -OCH3 is 1. The van der Waals surface area contributed by atoms with Crippen molar-refractivity contribution in [3.05, 3.63) is 63.6 Å². The molecule has 2 aromatic carbocycles. The molecule has 0 unspecified atom stereocenters. The van der Waals surface area contributed by atoms with Crippen LogP contribution in [0.25, 0.3) is 6.08 Å². The van der Waals surface area contributed by atoms with Gasteiger partial charge in [0.15, 0.2) is 0 Å². The minimum atomic E-state index is -0.0566. The highest BCUT2D eigenvalue weighted by atomic mass is 79.9. The summed E-state index contributed by atoms with van der Waals surface area (Å²) in [6.07, 6.45) is 3.35. The first-order valence-electron chi connectivity index (χ1n) is 7.71. The van der Waals surface area contributed by atoms with Crippen LogP contribution in [0.2, 0.25) is 0 Å². The topological polar surface area (TPSA) is 62.1 Å². The summed E-state index contributed by atoms with van der Waals surface area (Å²) in [6.45, 7) is 0.448. The number of rotatable bonds is 4. The van der Waals surface area contributed by atoms with Gasteiger partial charge in [-0.05, 0) is 47.0 Å². The molecule has 0 saturated carbocycles. The lowest BCUT2D eigenvalue weighted by molar-refractivity contribution is -0.118. The Kier molecular flexibility index (Phi) is 5.19. The van der Waals surface area contributed by atoms with E-state index in [1.54, 1.807) is 12.0 Å². The van der Waals surface area contributed by atoms with Crippen molar-refractivity contribution in [2.24, 2.45) is 5.16 Å². The second kappa shape index (κ2) is 7.53. The lowest BCUT2D eigenvalue weighted by atomic mass is 10.1. The molecule has 0 bridgehead atoms. The Labute approximate surface area is 154 Å². The number of hydrogen-bond donors (Lipinski definition) is 1. The maximum Gasteiger partial charge on any atom is 0.231 e. The lowest BCUT2D eigenvalue weighted by Gasteiger charge is -2.23. The van der Waals surface area contributed by atoms with Crippen molar-refractivity contribution in [1.29, 1.82) is 0 Å². The zero-order chi connectivity index (χ0) is 17.8. The summed E-state index contributed by atoms with van der Waals surface area (Å²) >= 11 is 3.47. The molecule has 1 N–H and O–H groups in total. The highest BCUT2D eigenvalue weighted by molar-refractivity contribution is 9.10. The van der Waals surface area contributed by atoms with E-state index in [4.69, 9.17) is 9.94 Å². The van der Waals surface area contributed by atoms with Gasteiger partial charge in [0.2, 0.25) is 5.91 Å². The number of nitrogens with zero attached hydrogens (tertiary/aromatic N) is 2. The summed E-state index contributed by atoms with van der Waals surface area (Å²) in [5.74, 6) is 0.719. The zero-order valence-electron chi connectivity index (χ0n) is 13.6. The third-order valence-corrected chi connectivity index (χ3v) is 4.50. The van der Waals surface area contributed by atoms with Crippen molar-refractivity contribution in [3.8, 4) is 5.75 Å². The van der Waals surface area contributed by atoms with Gasteiger partial charge in [-0.2, -0.15) is 0 Å². The van der Waals surface area contributed by atoms with Gasteiger partial charge in [0.1, 0.15) is 5.75 Å². The number of fused-ring (bicyclic) bond motifs is 1. The summed E-state index contributed by atoms with van der Waals surface area (Å²) in [5.41, 5.74) is 3.38. The first-order chi connectivity index (χ1) is 12.1. The summed E-state index contributed by atoms with van der Waals surface area (Å²) in [7, 11) is 1.62. The summed E-state index contributed by atoms with van der Waals surface area (Å²) in [4.78, 5) is 14.5. The van der Waals surface area contributed by atoms with Crippen LogP contribution in [0, 0.1) is 0 Å². The summed E-state index contributed by atoms with van der Waals surface area (Å²) in [6, 6.07) is 13.4. The molecule has 0 aliphatic carbocycles. The maximum absolute atomic E-state index is 12.8. The van der Waals surface area contributed by atoms with E-state index in [2.05, 4.69) is 21.1 Å². The number of oxime groups is 1. The van der Waals surface area contributed by atoms with Crippen LogP contribution >= 0.6 is 15.9 Å². The number of carbonyl (C=O) groups is 1. The van der Waals surface area contributed by atoms with Gasteiger partial charge >= 0.3 is 0 Å². The Balaban J connectivity index is 1.99. The Hall–Kier alpha value is -2.60. The molecule has 0 saturated heterocycles. The van der Waals surface area contributed by atoms with Crippen molar-refractivity contribution < 1.29 is 14.7 Å². The third-order valence-electron chi connectivity index (χ3n) is 4.00. The number of anilines is 1. The lowest BCUT2D eigenvalue weighted by Crippen LogP contribution is -2.30. The average Bonchev–Trinajstić information content (AvgIpc) is 2.73. The first-order valence-corrected chi connectivity index (χ1v) is 8.51. The van der Waals surface area contributed by atoms with Gasteiger partial charge in [0.25, 0.3) is 0 Å². The quantitative estimate of drug-likeness (QED) is 0.474.